The Labute approximate surface area is 329 Å². The van der Waals surface area contributed by atoms with Crippen LogP contribution in [0.4, 0.5) is 0 Å². The number of nitrogens with zero attached hydrogens (tertiary/aromatic N) is 3. The van der Waals surface area contributed by atoms with Crippen LogP contribution >= 0.6 is 0 Å². The number of benzene rings is 9. The van der Waals surface area contributed by atoms with Crippen molar-refractivity contribution in [1.29, 1.82) is 0 Å². The summed E-state index contributed by atoms with van der Waals surface area (Å²) < 4.78 is 6.80. The second-order valence-corrected chi connectivity index (χ2v) is 14.4. The fourth-order valence-electron chi connectivity index (χ4n) is 8.18. The van der Waals surface area contributed by atoms with Crippen LogP contribution in [0, 0.1) is 0 Å². The topological polar surface area (TPSA) is 51.8 Å². The summed E-state index contributed by atoms with van der Waals surface area (Å²) in [5, 5.41) is 6.85. The van der Waals surface area contributed by atoms with E-state index in [0.29, 0.717) is 17.5 Å². The van der Waals surface area contributed by atoms with Gasteiger partial charge in [0.25, 0.3) is 0 Å². The minimum atomic E-state index is 0.599. The highest BCUT2D eigenvalue weighted by atomic mass is 16.3. The highest BCUT2D eigenvalue weighted by molar-refractivity contribution is 6.21. The summed E-state index contributed by atoms with van der Waals surface area (Å²) in [6.07, 6.45) is 0. The molecule has 0 radical (unpaired) electrons. The molecular weight excluding hydrogens is 695 g/mol. The Balaban J connectivity index is 1.11. The molecule has 9 aromatic carbocycles. The van der Waals surface area contributed by atoms with E-state index in [1.54, 1.807) is 0 Å². The van der Waals surface area contributed by atoms with Crippen molar-refractivity contribution in [2.45, 2.75) is 0 Å². The number of hydrogen-bond acceptors (Lipinski definition) is 4. The van der Waals surface area contributed by atoms with Crippen LogP contribution in [0.1, 0.15) is 0 Å². The van der Waals surface area contributed by atoms with E-state index in [0.717, 1.165) is 66.1 Å². The molecule has 0 N–H and O–H groups in total. The van der Waals surface area contributed by atoms with Gasteiger partial charge in [0.15, 0.2) is 17.5 Å². The van der Waals surface area contributed by atoms with Gasteiger partial charge in [0.1, 0.15) is 11.2 Å². The highest BCUT2D eigenvalue weighted by Crippen LogP contribution is 2.43. The van der Waals surface area contributed by atoms with Crippen molar-refractivity contribution in [3.63, 3.8) is 0 Å². The van der Waals surface area contributed by atoms with Gasteiger partial charge in [-0.15, -0.1) is 0 Å². The second kappa shape index (κ2) is 13.6. The number of rotatable bonds is 6. The van der Waals surface area contributed by atoms with Crippen LogP contribution in [0.25, 0.3) is 111 Å². The molecule has 0 saturated heterocycles. The first-order chi connectivity index (χ1) is 28.2. The molecular formula is C53H33N3O. The van der Waals surface area contributed by atoms with Crippen molar-refractivity contribution in [3.8, 4) is 67.5 Å². The third-order valence-corrected chi connectivity index (χ3v) is 10.9. The van der Waals surface area contributed by atoms with Gasteiger partial charge in [-0.1, -0.05) is 182 Å². The Morgan fingerprint density at radius 1 is 0.298 bits per heavy atom. The molecule has 0 bridgehead atoms. The summed E-state index contributed by atoms with van der Waals surface area (Å²) in [5.41, 5.74) is 11.2. The van der Waals surface area contributed by atoms with Gasteiger partial charge in [-0.2, -0.15) is 0 Å². The van der Waals surface area contributed by atoms with Gasteiger partial charge in [0.2, 0.25) is 0 Å². The van der Waals surface area contributed by atoms with Gasteiger partial charge in [-0.25, -0.2) is 15.0 Å². The zero-order valence-electron chi connectivity index (χ0n) is 30.8. The molecule has 57 heavy (non-hydrogen) atoms. The Hall–Kier alpha value is -7.69. The minimum absolute atomic E-state index is 0.599. The maximum Gasteiger partial charge on any atom is 0.164 e. The first kappa shape index (κ1) is 32.7. The summed E-state index contributed by atoms with van der Waals surface area (Å²) >= 11 is 0. The van der Waals surface area contributed by atoms with E-state index in [1.807, 2.05) is 60.7 Å². The van der Waals surface area contributed by atoms with E-state index in [-0.39, 0.29) is 0 Å². The SMILES string of the molecule is c1ccc(-c2nc(-c3ccccc3)nc(-c3cc(-c4ccc(-c5ccc(-c6ccccc6)c6ccccc56)cc4)c4oc5ccc6ccccc6c5c4c3)n2)cc1. The van der Waals surface area contributed by atoms with Crippen LogP contribution in [-0.2, 0) is 0 Å². The smallest absolute Gasteiger partial charge is 0.164 e. The third-order valence-electron chi connectivity index (χ3n) is 10.9. The summed E-state index contributed by atoms with van der Waals surface area (Å²) in [7, 11) is 0. The van der Waals surface area contributed by atoms with Crippen LogP contribution in [0.15, 0.2) is 205 Å². The normalized spacial score (nSPS) is 11.5. The second-order valence-electron chi connectivity index (χ2n) is 14.4. The van der Waals surface area contributed by atoms with E-state index in [4.69, 9.17) is 19.4 Å². The standard InChI is InChI=1S/C53H33N3O/c1-4-14-34(15-5-1)41-29-30-42(45-23-13-12-22-44(41)45)36-24-26-37(27-25-36)46-32-40(33-47-49-43-21-11-10-16-35(43)28-31-48(49)57-50(46)47)53-55-51(38-17-6-2-7-18-38)54-52(56-53)39-19-8-3-9-20-39/h1-33H. The molecule has 0 aliphatic carbocycles. The molecule has 0 aliphatic rings. The molecule has 2 heterocycles. The van der Waals surface area contributed by atoms with E-state index in [1.165, 1.54) is 27.5 Å². The molecule has 0 atom stereocenters. The van der Waals surface area contributed by atoms with Gasteiger partial charge in [0.05, 0.1) is 0 Å². The highest BCUT2D eigenvalue weighted by Gasteiger charge is 2.20. The molecule has 266 valence electrons. The molecule has 0 amide bonds. The third kappa shape index (κ3) is 5.74. The van der Waals surface area contributed by atoms with Crippen molar-refractivity contribution in [1.82, 2.24) is 15.0 Å². The lowest BCUT2D eigenvalue weighted by molar-refractivity contribution is 0.670. The lowest BCUT2D eigenvalue weighted by Gasteiger charge is -2.13. The molecule has 0 fully saturated rings. The number of fused-ring (bicyclic) bond motifs is 6. The molecule has 11 rings (SSSR count). The fraction of sp³-hybridized carbons (Fsp3) is 0. The first-order valence-electron chi connectivity index (χ1n) is 19.2. The molecule has 0 unspecified atom stereocenters. The first-order valence-corrected chi connectivity index (χ1v) is 19.2. The number of hydrogen-bond donors (Lipinski definition) is 0. The van der Waals surface area contributed by atoms with E-state index >= 15 is 0 Å². The Bertz CT molecular complexity index is 3210. The van der Waals surface area contributed by atoms with Crippen molar-refractivity contribution >= 4 is 43.5 Å². The monoisotopic (exact) mass is 727 g/mol. The number of furan rings is 1. The fourth-order valence-corrected chi connectivity index (χ4v) is 8.18. The predicted octanol–water partition coefficient (Wildman–Crippen LogP) is 14.1. The average molecular weight is 728 g/mol. The lowest BCUT2D eigenvalue weighted by atomic mass is 9.91. The Morgan fingerprint density at radius 3 is 1.33 bits per heavy atom. The number of aromatic nitrogens is 3. The lowest BCUT2D eigenvalue weighted by Crippen LogP contribution is -2.00. The van der Waals surface area contributed by atoms with Crippen LogP contribution in [0.3, 0.4) is 0 Å². The molecule has 4 heteroatoms. The van der Waals surface area contributed by atoms with Crippen LogP contribution in [0.2, 0.25) is 0 Å². The van der Waals surface area contributed by atoms with Crippen molar-refractivity contribution in [2.75, 3.05) is 0 Å². The summed E-state index contributed by atoms with van der Waals surface area (Å²) in [5.74, 6) is 1.85. The van der Waals surface area contributed by atoms with Gasteiger partial charge < -0.3 is 4.42 Å². The maximum atomic E-state index is 6.80. The average Bonchev–Trinajstić information content (AvgIpc) is 3.68. The summed E-state index contributed by atoms with van der Waals surface area (Å²) in [4.78, 5) is 15.2. The van der Waals surface area contributed by atoms with Gasteiger partial charge in [-0.3, -0.25) is 0 Å². The minimum Gasteiger partial charge on any atom is -0.455 e. The van der Waals surface area contributed by atoms with E-state index < -0.39 is 0 Å². The zero-order chi connectivity index (χ0) is 37.7. The van der Waals surface area contributed by atoms with E-state index in [9.17, 15) is 0 Å². The molecule has 11 aromatic rings. The van der Waals surface area contributed by atoms with Crippen molar-refractivity contribution < 1.29 is 4.42 Å². The zero-order valence-corrected chi connectivity index (χ0v) is 30.8. The van der Waals surface area contributed by atoms with Crippen LogP contribution in [-0.4, -0.2) is 15.0 Å². The van der Waals surface area contributed by atoms with Crippen LogP contribution in [0.5, 0.6) is 0 Å². The van der Waals surface area contributed by atoms with Gasteiger partial charge >= 0.3 is 0 Å². The molecule has 2 aromatic heterocycles. The molecule has 0 aliphatic heterocycles. The predicted molar refractivity (Wildman–Crippen MR) is 235 cm³/mol. The van der Waals surface area contributed by atoms with Crippen LogP contribution < -0.4 is 0 Å². The van der Waals surface area contributed by atoms with Gasteiger partial charge in [0, 0.05) is 33.0 Å². The molecule has 4 nitrogen and oxygen atoms in total. The molecule has 0 saturated carbocycles. The van der Waals surface area contributed by atoms with Crippen molar-refractivity contribution in [2.24, 2.45) is 0 Å². The van der Waals surface area contributed by atoms with Crippen molar-refractivity contribution in [3.05, 3.63) is 200 Å². The Kier molecular flexibility index (Phi) is 7.78. The van der Waals surface area contributed by atoms with Gasteiger partial charge in [-0.05, 0) is 67.6 Å². The summed E-state index contributed by atoms with van der Waals surface area (Å²) in [6.45, 7) is 0. The summed E-state index contributed by atoms with van der Waals surface area (Å²) in [6, 6.07) is 69.9. The largest absolute Gasteiger partial charge is 0.455 e. The quantitative estimate of drug-likeness (QED) is 0.171. The maximum absolute atomic E-state index is 6.80. The molecule has 0 spiro atoms. The Morgan fingerprint density at radius 2 is 0.754 bits per heavy atom. The van der Waals surface area contributed by atoms with E-state index in [2.05, 4.69) is 140 Å².